The summed E-state index contributed by atoms with van der Waals surface area (Å²) in [5, 5.41) is 4.09. The summed E-state index contributed by atoms with van der Waals surface area (Å²) >= 11 is 0. The molecule has 0 aromatic carbocycles. The van der Waals surface area contributed by atoms with Gasteiger partial charge in [-0.1, -0.05) is 19.0 Å². The van der Waals surface area contributed by atoms with Gasteiger partial charge in [0.15, 0.2) is 5.69 Å². The minimum absolute atomic E-state index is 0.00702. The summed E-state index contributed by atoms with van der Waals surface area (Å²) < 4.78 is 11.2. The van der Waals surface area contributed by atoms with E-state index in [2.05, 4.69) is 19.0 Å². The fraction of sp³-hybridized carbons (Fsp3) is 0.722. The van der Waals surface area contributed by atoms with E-state index < -0.39 is 5.72 Å². The molecule has 1 aliphatic carbocycles. The van der Waals surface area contributed by atoms with Crippen molar-refractivity contribution in [3.05, 3.63) is 17.0 Å². The lowest BCUT2D eigenvalue weighted by Gasteiger charge is -2.41. The highest BCUT2D eigenvalue weighted by atomic mass is 16.5. The van der Waals surface area contributed by atoms with Crippen molar-refractivity contribution in [2.24, 2.45) is 5.41 Å². The number of amides is 2. The van der Waals surface area contributed by atoms with Crippen molar-refractivity contribution in [3.63, 3.8) is 0 Å². The van der Waals surface area contributed by atoms with Crippen LogP contribution in [-0.4, -0.2) is 59.2 Å². The Hall–Kier alpha value is -1.89. The summed E-state index contributed by atoms with van der Waals surface area (Å²) in [4.78, 5) is 28.2. The predicted molar refractivity (Wildman–Crippen MR) is 88.9 cm³/mol. The fourth-order valence-electron chi connectivity index (χ4n) is 4.21. The third-order valence-corrected chi connectivity index (χ3v) is 6.04. The predicted octanol–water partition coefficient (Wildman–Crippen LogP) is 1.61. The van der Waals surface area contributed by atoms with Gasteiger partial charge >= 0.3 is 0 Å². The molecule has 0 unspecified atom stereocenters. The lowest BCUT2D eigenvalue weighted by atomic mass is 9.76. The maximum Gasteiger partial charge on any atom is 0.276 e. The number of nitrogens with zero attached hydrogens (tertiary/aromatic N) is 3. The number of likely N-dealkylation sites (tertiary alicyclic amines) is 1. The summed E-state index contributed by atoms with van der Waals surface area (Å²) in [5.74, 6) is 0.803. The second-order valence-electron chi connectivity index (χ2n) is 8.25. The van der Waals surface area contributed by atoms with Crippen LogP contribution >= 0.6 is 0 Å². The smallest absolute Gasteiger partial charge is 0.276 e. The van der Waals surface area contributed by atoms with Crippen LogP contribution in [0.1, 0.15) is 54.9 Å². The van der Waals surface area contributed by atoms with Crippen molar-refractivity contribution in [3.8, 4) is 0 Å². The Morgan fingerprint density at radius 3 is 2.56 bits per heavy atom. The van der Waals surface area contributed by atoms with Gasteiger partial charge in [0.1, 0.15) is 18.1 Å². The normalized spacial score (nSPS) is 24.7. The van der Waals surface area contributed by atoms with Crippen LogP contribution in [0.5, 0.6) is 0 Å². The Morgan fingerprint density at radius 2 is 1.92 bits per heavy atom. The minimum Gasteiger partial charge on any atom is -0.360 e. The number of aromatic nitrogens is 1. The molecule has 3 heterocycles. The lowest BCUT2D eigenvalue weighted by molar-refractivity contribution is -0.135. The average molecular weight is 347 g/mol. The lowest BCUT2D eigenvalue weighted by Crippen LogP contribution is -2.53. The Balaban J connectivity index is 1.49. The molecule has 7 nitrogen and oxygen atoms in total. The van der Waals surface area contributed by atoms with Gasteiger partial charge < -0.3 is 19.1 Å². The summed E-state index contributed by atoms with van der Waals surface area (Å²) in [6.07, 6.45) is 3.98. The van der Waals surface area contributed by atoms with Gasteiger partial charge in [-0.15, -0.1) is 0 Å². The molecule has 2 aliphatic heterocycles. The quantitative estimate of drug-likeness (QED) is 0.771. The summed E-state index contributed by atoms with van der Waals surface area (Å²) in [5.41, 5.74) is 1.07. The first-order valence-electron chi connectivity index (χ1n) is 8.99. The number of carbonyl (C=O) groups excluding carboxylic acids is 2. The first-order chi connectivity index (χ1) is 11.8. The van der Waals surface area contributed by atoms with Crippen molar-refractivity contribution in [2.45, 2.75) is 51.7 Å². The monoisotopic (exact) mass is 347 g/mol. The van der Waals surface area contributed by atoms with Gasteiger partial charge in [-0.25, -0.2) is 0 Å². The Bertz CT molecular complexity index is 716. The average Bonchev–Trinajstić information content (AvgIpc) is 3.11. The van der Waals surface area contributed by atoms with Crippen LogP contribution in [0.2, 0.25) is 0 Å². The van der Waals surface area contributed by atoms with Crippen LogP contribution in [0.15, 0.2) is 4.52 Å². The molecule has 2 saturated heterocycles. The van der Waals surface area contributed by atoms with Gasteiger partial charge in [-0.2, -0.15) is 0 Å². The standard InChI is InChI=1S/C18H25N3O4/c1-17(2)5-4-13-12(10-17)15(19-25-13)16(23)21-8-6-18(7-9-21)20(3)14(22)11-24-18/h4-11H2,1-3H3. The molecule has 7 heteroatoms. The molecule has 0 saturated carbocycles. The van der Waals surface area contributed by atoms with Gasteiger partial charge in [0.2, 0.25) is 0 Å². The molecule has 0 N–H and O–H groups in total. The number of piperidine rings is 1. The first kappa shape index (κ1) is 16.6. The van der Waals surface area contributed by atoms with E-state index >= 15 is 0 Å². The fourth-order valence-corrected chi connectivity index (χ4v) is 4.21. The van der Waals surface area contributed by atoms with E-state index in [1.807, 2.05) is 4.90 Å². The van der Waals surface area contributed by atoms with E-state index in [1.165, 1.54) is 0 Å². The van der Waals surface area contributed by atoms with Crippen LogP contribution in [0.25, 0.3) is 0 Å². The zero-order valence-corrected chi connectivity index (χ0v) is 15.1. The maximum atomic E-state index is 13.0. The van der Waals surface area contributed by atoms with E-state index in [0.717, 1.165) is 30.6 Å². The molecule has 136 valence electrons. The minimum atomic E-state index is -0.543. The van der Waals surface area contributed by atoms with Crippen LogP contribution < -0.4 is 0 Å². The SMILES string of the molecule is CN1C(=O)COC12CCN(C(=O)c1noc3c1CC(C)(C)CC3)CC2. The van der Waals surface area contributed by atoms with Gasteiger partial charge in [0, 0.05) is 45.0 Å². The summed E-state index contributed by atoms with van der Waals surface area (Å²) in [6, 6.07) is 0. The van der Waals surface area contributed by atoms with E-state index in [4.69, 9.17) is 9.26 Å². The molecule has 3 aliphatic rings. The molecule has 1 spiro atoms. The van der Waals surface area contributed by atoms with E-state index in [9.17, 15) is 9.59 Å². The van der Waals surface area contributed by atoms with Crippen molar-refractivity contribution in [1.29, 1.82) is 0 Å². The number of rotatable bonds is 1. The van der Waals surface area contributed by atoms with Gasteiger partial charge in [0.25, 0.3) is 11.8 Å². The summed E-state index contributed by atoms with van der Waals surface area (Å²) in [7, 11) is 1.78. The second kappa shape index (κ2) is 5.56. The van der Waals surface area contributed by atoms with E-state index in [0.29, 0.717) is 31.6 Å². The molecule has 0 radical (unpaired) electrons. The zero-order chi connectivity index (χ0) is 17.8. The number of hydrogen-bond acceptors (Lipinski definition) is 5. The molecule has 1 aromatic rings. The summed E-state index contributed by atoms with van der Waals surface area (Å²) in [6.45, 7) is 5.68. The molecular weight excluding hydrogens is 322 g/mol. The van der Waals surface area contributed by atoms with Crippen molar-refractivity contribution in [1.82, 2.24) is 15.0 Å². The Kier molecular flexibility index (Phi) is 3.68. The topological polar surface area (TPSA) is 75.9 Å². The number of fused-ring (bicyclic) bond motifs is 1. The van der Waals surface area contributed by atoms with Crippen LogP contribution in [0.4, 0.5) is 0 Å². The third-order valence-electron chi connectivity index (χ3n) is 6.04. The highest BCUT2D eigenvalue weighted by Crippen LogP contribution is 2.38. The first-order valence-corrected chi connectivity index (χ1v) is 8.99. The Morgan fingerprint density at radius 1 is 1.20 bits per heavy atom. The van der Waals surface area contributed by atoms with Crippen LogP contribution in [0, 0.1) is 5.41 Å². The molecule has 0 atom stereocenters. The zero-order valence-electron chi connectivity index (χ0n) is 15.1. The highest BCUT2D eigenvalue weighted by molar-refractivity contribution is 5.94. The number of carbonyl (C=O) groups is 2. The molecule has 4 rings (SSSR count). The van der Waals surface area contributed by atoms with Crippen LogP contribution in [-0.2, 0) is 22.4 Å². The second-order valence-corrected chi connectivity index (χ2v) is 8.25. The molecular formula is C18H25N3O4. The third kappa shape index (κ3) is 2.65. The maximum absolute atomic E-state index is 13.0. The van der Waals surface area contributed by atoms with Gasteiger partial charge in [0.05, 0.1) is 0 Å². The highest BCUT2D eigenvalue weighted by Gasteiger charge is 2.47. The molecule has 1 aromatic heterocycles. The van der Waals surface area contributed by atoms with Crippen LogP contribution in [0.3, 0.4) is 0 Å². The Labute approximate surface area is 147 Å². The van der Waals surface area contributed by atoms with Gasteiger partial charge in [-0.05, 0) is 18.3 Å². The molecule has 25 heavy (non-hydrogen) atoms. The van der Waals surface area contributed by atoms with Crippen molar-refractivity contribution in [2.75, 3.05) is 26.7 Å². The largest absolute Gasteiger partial charge is 0.360 e. The molecule has 2 amide bonds. The number of likely N-dealkylation sites (N-methyl/N-ethyl adjacent to an activating group) is 1. The molecule has 2 fully saturated rings. The van der Waals surface area contributed by atoms with Gasteiger partial charge in [-0.3, -0.25) is 9.59 Å². The number of ether oxygens (including phenoxy) is 1. The number of hydrogen-bond donors (Lipinski definition) is 0. The van der Waals surface area contributed by atoms with E-state index in [1.54, 1.807) is 11.9 Å². The van der Waals surface area contributed by atoms with Crippen molar-refractivity contribution < 1.29 is 18.8 Å². The van der Waals surface area contributed by atoms with E-state index in [-0.39, 0.29) is 23.8 Å². The number of aryl methyl sites for hydroxylation is 1. The van der Waals surface area contributed by atoms with Crippen molar-refractivity contribution >= 4 is 11.8 Å². The molecule has 0 bridgehead atoms.